The Morgan fingerprint density at radius 2 is 1.27 bits per heavy atom. The third-order valence-corrected chi connectivity index (χ3v) is 5.53. The number of carbonyl (C=O) groups excluding carboxylic acids is 1. The van der Waals surface area contributed by atoms with Gasteiger partial charge in [-0.1, -0.05) is 119 Å². The average Bonchev–Trinajstić information content (AvgIpc) is 2.91. The Hall–Kier alpha value is -2.49. The van der Waals surface area contributed by atoms with E-state index in [4.69, 9.17) is 0 Å². The number of carbonyl (C=O) groups is 1. The Morgan fingerprint density at radius 1 is 0.784 bits per heavy atom. The predicted octanol–water partition coefficient (Wildman–Crippen LogP) is 10.2. The summed E-state index contributed by atoms with van der Waals surface area (Å²) in [5, 5.41) is 20.2. The van der Waals surface area contributed by atoms with Gasteiger partial charge in [-0.2, -0.15) is 0 Å². The van der Waals surface area contributed by atoms with Crippen LogP contribution in [0.1, 0.15) is 140 Å². The summed E-state index contributed by atoms with van der Waals surface area (Å²) in [6.45, 7) is 27.6. The standard InChI is InChI=1S/C21H27NO3.2C4H10.2C2H6/c1-6-22(12-16-9-14(4)7-8-15(16)5)21(25)18-10-17(13(2)3)19(23)11-20(18)24;2*1-3-4-2;2*1-2/h7-11,13,23-24H,6,12H2,1-5H3;2*3-4H2,1-2H3;2*1-2H3. The van der Waals surface area contributed by atoms with Crippen LogP contribution in [-0.2, 0) is 6.54 Å². The minimum atomic E-state index is -0.234. The molecule has 2 rings (SSSR count). The highest BCUT2D eigenvalue weighted by Crippen LogP contribution is 2.33. The van der Waals surface area contributed by atoms with E-state index in [1.807, 2.05) is 62.3 Å². The molecule has 2 aromatic rings. The molecule has 0 saturated carbocycles. The van der Waals surface area contributed by atoms with Crippen molar-refractivity contribution in [3.05, 3.63) is 58.1 Å². The number of unbranched alkanes of at least 4 members (excludes halogenated alkanes) is 2. The van der Waals surface area contributed by atoms with E-state index in [1.165, 1.54) is 31.7 Å². The highest BCUT2D eigenvalue weighted by Gasteiger charge is 2.21. The maximum Gasteiger partial charge on any atom is 0.257 e. The number of hydrogen-bond donors (Lipinski definition) is 2. The van der Waals surface area contributed by atoms with Gasteiger partial charge in [-0.3, -0.25) is 4.79 Å². The van der Waals surface area contributed by atoms with Crippen LogP contribution in [0.4, 0.5) is 0 Å². The third kappa shape index (κ3) is 15.4. The minimum absolute atomic E-state index is 0.0154. The van der Waals surface area contributed by atoms with E-state index < -0.39 is 0 Å². The van der Waals surface area contributed by atoms with E-state index in [1.54, 1.807) is 11.0 Å². The molecule has 0 atom stereocenters. The summed E-state index contributed by atoms with van der Waals surface area (Å²) in [6.07, 6.45) is 5.28. The molecule has 2 N–H and O–H groups in total. The summed E-state index contributed by atoms with van der Waals surface area (Å²) in [6, 6.07) is 9.05. The van der Waals surface area contributed by atoms with Gasteiger partial charge in [-0.15, -0.1) is 0 Å². The van der Waals surface area contributed by atoms with Gasteiger partial charge in [0.2, 0.25) is 0 Å². The van der Waals surface area contributed by atoms with E-state index in [-0.39, 0.29) is 28.9 Å². The number of phenols is 2. The maximum atomic E-state index is 13.0. The molecule has 4 heteroatoms. The van der Waals surface area contributed by atoms with Gasteiger partial charge in [0.25, 0.3) is 5.91 Å². The smallest absolute Gasteiger partial charge is 0.257 e. The highest BCUT2D eigenvalue weighted by molar-refractivity contribution is 5.97. The summed E-state index contributed by atoms with van der Waals surface area (Å²) in [4.78, 5) is 14.7. The fourth-order valence-corrected chi connectivity index (χ4v) is 2.90. The number of phenolic OH excluding ortho intramolecular Hbond substituents is 2. The monoisotopic (exact) mass is 517 g/mol. The summed E-state index contributed by atoms with van der Waals surface area (Å²) >= 11 is 0. The molecule has 0 bridgehead atoms. The second-order valence-corrected chi connectivity index (χ2v) is 8.83. The van der Waals surface area contributed by atoms with Gasteiger partial charge < -0.3 is 15.1 Å². The molecule has 0 unspecified atom stereocenters. The molecule has 0 radical (unpaired) electrons. The van der Waals surface area contributed by atoms with Gasteiger partial charge in [0.05, 0.1) is 5.56 Å². The lowest BCUT2D eigenvalue weighted by atomic mass is 9.98. The number of benzene rings is 2. The Bertz CT molecular complexity index is 836. The van der Waals surface area contributed by atoms with Gasteiger partial charge in [0, 0.05) is 19.2 Å². The lowest BCUT2D eigenvalue weighted by Gasteiger charge is -2.23. The van der Waals surface area contributed by atoms with Crippen LogP contribution in [0.15, 0.2) is 30.3 Å². The number of aryl methyl sites for hydroxylation is 2. The molecule has 0 aliphatic carbocycles. The van der Waals surface area contributed by atoms with Crippen molar-refractivity contribution in [1.29, 1.82) is 0 Å². The number of hydrogen-bond acceptors (Lipinski definition) is 3. The van der Waals surface area contributed by atoms with Gasteiger partial charge in [-0.25, -0.2) is 0 Å². The zero-order valence-electron chi connectivity index (χ0n) is 26.5. The topological polar surface area (TPSA) is 60.8 Å². The SMILES string of the molecule is CC.CC.CCCC.CCCC.CCN(Cc1cc(C)ccc1C)C(=O)c1cc(C(C)C)c(O)cc1O. The predicted molar refractivity (Wildman–Crippen MR) is 164 cm³/mol. The largest absolute Gasteiger partial charge is 0.508 e. The summed E-state index contributed by atoms with van der Waals surface area (Å²) < 4.78 is 0. The molecule has 0 heterocycles. The molecule has 0 aliphatic heterocycles. The molecular weight excluding hydrogens is 458 g/mol. The Labute approximate surface area is 230 Å². The summed E-state index contributed by atoms with van der Waals surface area (Å²) in [5.74, 6) is -0.350. The van der Waals surface area contributed by atoms with E-state index >= 15 is 0 Å². The van der Waals surface area contributed by atoms with E-state index in [0.717, 1.165) is 16.7 Å². The molecule has 0 spiro atoms. The van der Waals surface area contributed by atoms with Gasteiger partial charge in [0.15, 0.2) is 0 Å². The number of amides is 1. The first-order valence-corrected chi connectivity index (χ1v) is 14.5. The van der Waals surface area contributed by atoms with Gasteiger partial charge >= 0.3 is 0 Å². The van der Waals surface area contributed by atoms with Crippen LogP contribution in [0.2, 0.25) is 0 Å². The zero-order valence-corrected chi connectivity index (χ0v) is 26.5. The van der Waals surface area contributed by atoms with Crippen LogP contribution in [0.5, 0.6) is 11.5 Å². The first-order chi connectivity index (χ1) is 17.6. The van der Waals surface area contributed by atoms with E-state index in [9.17, 15) is 15.0 Å². The molecule has 214 valence electrons. The normalized spacial score (nSPS) is 9.35. The van der Waals surface area contributed by atoms with Crippen molar-refractivity contribution in [2.75, 3.05) is 6.54 Å². The van der Waals surface area contributed by atoms with Crippen molar-refractivity contribution >= 4 is 5.91 Å². The Kier molecular flexibility index (Phi) is 25.2. The highest BCUT2D eigenvalue weighted by atomic mass is 16.3. The van der Waals surface area contributed by atoms with Gasteiger partial charge in [0.1, 0.15) is 11.5 Å². The van der Waals surface area contributed by atoms with Crippen molar-refractivity contribution in [3.8, 4) is 11.5 Å². The fraction of sp³-hybridized carbons (Fsp3) is 0.606. The lowest BCUT2D eigenvalue weighted by Crippen LogP contribution is -2.30. The lowest BCUT2D eigenvalue weighted by molar-refractivity contribution is 0.0749. The first kappa shape index (κ1) is 39.0. The maximum absolute atomic E-state index is 13.0. The third-order valence-electron chi connectivity index (χ3n) is 5.53. The van der Waals surface area contributed by atoms with Crippen molar-refractivity contribution in [2.24, 2.45) is 0 Å². The molecular formula is C33H59NO3. The molecule has 4 nitrogen and oxygen atoms in total. The minimum Gasteiger partial charge on any atom is -0.508 e. The summed E-state index contributed by atoms with van der Waals surface area (Å²) in [7, 11) is 0. The number of aromatic hydroxyl groups is 2. The molecule has 0 aliphatic rings. The van der Waals surface area contributed by atoms with Crippen LogP contribution in [-0.4, -0.2) is 27.6 Å². The molecule has 0 fully saturated rings. The quantitative estimate of drug-likeness (QED) is 0.384. The van der Waals surface area contributed by atoms with Crippen molar-refractivity contribution < 1.29 is 15.0 Å². The molecule has 0 aromatic heterocycles. The van der Waals surface area contributed by atoms with Crippen molar-refractivity contribution in [3.63, 3.8) is 0 Å². The van der Waals surface area contributed by atoms with Crippen LogP contribution in [0, 0.1) is 13.8 Å². The molecule has 2 aromatic carbocycles. The number of nitrogens with zero attached hydrogens (tertiary/aromatic N) is 1. The van der Waals surface area contributed by atoms with Gasteiger partial charge in [-0.05, 0) is 49.4 Å². The first-order valence-electron chi connectivity index (χ1n) is 14.5. The molecule has 0 saturated heterocycles. The van der Waals surface area contributed by atoms with E-state index in [0.29, 0.717) is 18.7 Å². The Morgan fingerprint density at radius 3 is 1.68 bits per heavy atom. The van der Waals surface area contributed by atoms with Crippen molar-refractivity contribution in [1.82, 2.24) is 4.90 Å². The van der Waals surface area contributed by atoms with Crippen LogP contribution >= 0.6 is 0 Å². The molecule has 1 amide bonds. The second-order valence-electron chi connectivity index (χ2n) is 8.83. The van der Waals surface area contributed by atoms with E-state index in [2.05, 4.69) is 45.9 Å². The number of rotatable bonds is 7. The van der Waals surface area contributed by atoms with Crippen LogP contribution in [0.25, 0.3) is 0 Å². The fourth-order valence-electron chi connectivity index (χ4n) is 2.90. The zero-order chi connectivity index (χ0) is 29.6. The molecule has 37 heavy (non-hydrogen) atoms. The summed E-state index contributed by atoms with van der Waals surface area (Å²) in [5.41, 5.74) is 4.27. The second kappa shape index (κ2) is 23.9. The van der Waals surface area contributed by atoms with Crippen LogP contribution < -0.4 is 0 Å². The Balaban J connectivity index is -0.000000818. The van der Waals surface area contributed by atoms with Crippen molar-refractivity contribution in [2.45, 2.75) is 128 Å². The van der Waals surface area contributed by atoms with Crippen LogP contribution in [0.3, 0.4) is 0 Å². The average molecular weight is 518 g/mol.